The van der Waals surface area contributed by atoms with Crippen LogP contribution in [0, 0.1) is 0 Å². The number of methoxy groups -OCH3 is 1. The lowest BCUT2D eigenvalue weighted by Crippen LogP contribution is -2.32. The van der Waals surface area contributed by atoms with E-state index in [2.05, 4.69) is 43.0 Å². The largest absolute Gasteiger partial charge is 0.497 e. The predicted octanol–water partition coefficient (Wildman–Crippen LogP) is 4.33. The maximum absolute atomic E-state index is 13.2. The highest BCUT2D eigenvalue weighted by Crippen LogP contribution is 2.42. The minimum atomic E-state index is -0.0235. The van der Waals surface area contributed by atoms with Crippen LogP contribution in [0.1, 0.15) is 49.9 Å². The van der Waals surface area contributed by atoms with Crippen LogP contribution in [0.2, 0.25) is 0 Å². The van der Waals surface area contributed by atoms with Crippen molar-refractivity contribution in [1.29, 1.82) is 0 Å². The Morgan fingerprint density at radius 3 is 2.35 bits per heavy atom. The molecule has 2 atom stereocenters. The second-order valence-corrected chi connectivity index (χ2v) is 7.50. The first-order chi connectivity index (χ1) is 12.6. The summed E-state index contributed by atoms with van der Waals surface area (Å²) >= 11 is 0. The van der Waals surface area contributed by atoms with E-state index in [-0.39, 0.29) is 18.1 Å². The lowest BCUT2D eigenvalue weighted by molar-refractivity contribution is -0.119. The lowest BCUT2D eigenvalue weighted by atomic mass is 10.0. The summed E-state index contributed by atoms with van der Waals surface area (Å²) in [6.07, 6.45) is 2.02. The van der Waals surface area contributed by atoms with Crippen LogP contribution in [0.3, 0.4) is 0 Å². The van der Waals surface area contributed by atoms with Crippen LogP contribution in [0.5, 0.6) is 5.75 Å². The van der Waals surface area contributed by atoms with Gasteiger partial charge in [0.15, 0.2) is 0 Å². The van der Waals surface area contributed by atoms with Crippen LogP contribution < -0.4 is 9.64 Å². The number of rotatable bonds is 4. The number of carbonyl (C=O) groups is 1. The fraction of sp³-hybridized carbons (Fsp3) is 0.409. The monoisotopic (exact) mass is 350 g/mol. The van der Waals surface area contributed by atoms with Crippen molar-refractivity contribution in [3.05, 3.63) is 59.7 Å². The number of carbonyl (C=O) groups excluding carboxylic acids is 1. The van der Waals surface area contributed by atoms with E-state index in [1.165, 1.54) is 11.1 Å². The van der Waals surface area contributed by atoms with E-state index in [0.29, 0.717) is 5.92 Å². The molecule has 26 heavy (non-hydrogen) atoms. The van der Waals surface area contributed by atoms with Crippen molar-refractivity contribution in [2.45, 2.75) is 44.8 Å². The molecule has 2 aromatic rings. The summed E-state index contributed by atoms with van der Waals surface area (Å²) in [5, 5.41) is 0. The molecule has 2 fully saturated rings. The first kappa shape index (κ1) is 17.1. The Morgan fingerprint density at radius 2 is 1.73 bits per heavy atom. The zero-order valence-electron chi connectivity index (χ0n) is 15.7. The number of benzene rings is 2. The van der Waals surface area contributed by atoms with E-state index < -0.39 is 0 Å². The van der Waals surface area contributed by atoms with Gasteiger partial charge in [0.25, 0.3) is 0 Å². The number of amides is 1. The van der Waals surface area contributed by atoms with Gasteiger partial charge in [-0.05, 0) is 54.2 Å². The quantitative estimate of drug-likeness (QED) is 0.823. The summed E-state index contributed by atoms with van der Waals surface area (Å²) in [5.74, 6) is 1.52. The molecule has 4 nitrogen and oxygen atoms in total. The van der Waals surface area contributed by atoms with Crippen LogP contribution in [-0.4, -0.2) is 30.5 Å². The van der Waals surface area contributed by atoms with Crippen molar-refractivity contribution in [2.24, 2.45) is 0 Å². The predicted molar refractivity (Wildman–Crippen MR) is 103 cm³/mol. The maximum atomic E-state index is 13.2. The highest BCUT2D eigenvalue weighted by Gasteiger charge is 2.49. The average Bonchev–Trinajstić information content (AvgIpc) is 3.24. The van der Waals surface area contributed by atoms with E-state index >= 15 is 0 Å². The zero-order chi connectivity index (χ0) is 18.3. The number of nitrogens with zero attached hydrogens (tertiary/aromatic N) is 2. The minimum Gasteiger partial charge on any atom is -0.497 e. The molecule has 0 radical (unpaired) electrons. The van der Waals surface area contributed by atoms with Crippen LogP contribution in [-0.2, 0) is 4.79 Å². The van der Waals surface area contributed by atoms with Gasteiger partial charge in [0.05, 0.1) is 13.2 Å². The number of fused-ring (bicyclic) bond motifs is 1. The van der Waals surface area contributed by atoms with Gasteiger partial charge in [0.2, 0.25) is 5.91 Å². The van der Waals surface area contributed by atoms with Gasteiger partial charge in [-0.2, -0.15) is 0 Å². The molecular weight excluding hydrogens is 324 g/mol. The molecule has 0 N–H and O–H groups in total. The van der Waals surface area contributed by atoms with Crippen LogP contribution >= 0.6 is 0 Å². The molecule has 2 aliphatic rings. The van der Waals surface area contributed by atoms with Crippen molar-refractivity contribution >= 4 is 11.6 Å². The van der Waals surface area contributed by atoms with Crippen LogP contribution in [0.15, 0.2) is 48.5 Å². The molecular formula is C22H26N2O2. The Morgan fingerprint density at radius 1 is 1.04 bits per heavy atom. The van der Waals surface area contributed by atoms with Gasteiger partial charge < -0.3 is 4.74 Å². The van der Waals surface area contributed by atoms with Gasteiger partial charge in [-0.3, -0.25) is 14.6 Å². The van der Waals surface area contributed by atoms with Crippen molar-refractivity contribution < 1.29 is 9.53 Å². The standard InChI is InChI=1S/C22H26N2O2/c1-15(2)16-6-8-17(9-7-16)21-23-14-4-5-20(23)22(25)24(21)18-10-12-19(26-3)13-11-18/h6-13,15,20-21H,4-5,14H2,1-3H3/t20-,21+/m0/s1. The van der Waals surface area contributed by atoms with Crippen molar-refractivity contribution in [2.75, 3.05) is 18.6 Å². The third-order valence-corrected chi connectivity index (χ3v) is 5.63. The van der Waals surface area contributed by atoms with Gasteiger partial charge in [-0.25, -0.2) is 0 Å². The number of anilines is 1. The number of ether oxygens (including phenoxy) is 1. The Kier molecular flexibility index (Phi) is 4.45. The normalized spacial score (nSPS) is 22.9. The summed E-state index contributed by atoms with van der Waals surface area (Å²) in [7, 11) is 1.66. The molecule has 0 unspecified atom stereocenters. The number of hydrogen-bond acceptors (Lipinski definition) is 3. The SMILES string of the molecule is COc1ccc(N2C(=O)[C@@H]3CCCN3[C@H]2c2ccc(C(C)C)cc2)cc1. The third-order valence-electron chi connectivity index (χ3n) is 5.63. The Bertz CT molecular complexity index is 783. The molecule has 0 spiro atoms. The van der Waals surface area contributed by atoms with Crippen molar-refractivity contribution in [3.63, 3.8) is 0 Å². The average molecular weight is 350 g/mol. The molecule has 0 aromatic heterocycles. The highest BCUT2D eigenvalue weighted by atomic mass is 16.5. The molecule has 4 heteroatoms. The first-order valence-corrected chi connectivity index (χ1v) is 9.43. The third kappa shape index (κ3) is 2.78. The summed E-state index contributed by atoms with van der Waals surface area (Å²) in [5.41, 5.74) is 3.44. The van der Waals surface area contributed by atoms with Gasteiger partial charge in [-0.1, -0.05) is 38.1 Å². The summed E-state index contributed by atoms with van der Waals surface area (Å²) in [4.78, 5) is 17.5. The van der Waals surface area contributed by atoms with Gasteiger partial charge in [-0.15, -0.1) is 0 Å². The van der Waals surface area contributed by atoms with Crippen LogP contribution in [0.4, 0.5) is 5.69 Å². The molecule has 0 saturated carbocycles. The second-order valence-electron chi connectivity index (χ2n) is 7.50. The molecule has 0 bridgehead atoms. The zero-order valence-corrected chi connectivity index (χ0v) is 15.7. The lowest BCUT2D eigenvalue weighted by Gasteiger charge is -2.30. The first-order valence-electron chi connectivity index (χ1n) is 9.43. The fourth-order valence-electron chi connectivity index (χ4n) is 4.18. The molecule has 2 aliphatic heterocycles. The Labute approximate surface area is 155 Å². The molecule has 0 aliphatic carbocycles. The van der Waals surface area contributed by atoms with Crippen molar-refractivity contribution in [1.82, 2.24) is 4.90 Å². The van der Waals surface area contributed by atoms with E-state index in [1.54, 1.807) is 7.11 Å². The summed E-state index contributed by atoms with van der Waals surface area (Å²) in [6.45, 7) is 5.38. The topological polar surface area (TPSA) is 32.8 Å². The Balaban J connectivity index is 1.73. The molecule has 2 saturated heterocycles. The Hall–Kier alpha value is -2.33. The van der Waals surface area contributed by atoms with E-state index in [9.17, 15) is 4.79 Å². The molecule has 2 heterocycles. The van der Waals surface area contributed by atoms with Gasteiger partial charge >= 0.3 is 0 Å². The van der Waals surface area contributed by atoms with E-state index in [0.717, 1.165) is 30.8 Å². The smallest absolute Gasteiger partial charge is 0.246 e. The fourth-order valence-corrected chi connectivity index (χ4v) is 4.18. The molecule has 136 valence electrons. The van der Waals surface area contributed by atoms with Crippen molar-refractivity contribution in [3.8, 4) is 5.75 Å². The van der Waals surface area contributed by atoms with Gasteiger partial charge in [0, 0.05) is 12.2 Å². The number of hydrogen-bond donors (Lipinski definition) is 0. The molecule has 1 amide bonds. The highest BCUT2D eigenvalue weighted by molar-refractivity contribution is 6.00. The molecule has 2 aromatic carbocycles. The van der Waals surface area contributed by atoms with E-state index in [4.69, 9.17) is 4.74 Å². The maximum Gasteiger partial charge on any atom is 0.246 e. The molecule has 4 rings (SSSR count). The second kappa shape index (κ2) is 6.76. The van der Waals surface area contributed by atoms with Crippen LogP contribution in [0.25, 0.3) is 0 Å². The summed E-state index contributed by atoms with van der Waals surface area (Å²) < 4.78 is 5.27. The summed E-state index contributed by atoms with van der Waals surface area (Å²) in [6, 6.07) is 16.6. The van der Waals surface area contributed by atoms with Gasteiger partial charge in [0.1, 0.15) is 11.9 Å². The van der Waals surface area contributed by atoms with E-state index in [1.807, 2.05) is 29.2 Å². The minimum absolute atomic E-state index is 0.00637.